The second kappa shape index (κ2) is 2.38. The molecule has 6 heteroatoms. The van der Waals surface area contributed by atoms with Gasteiger partial charge >= 0.3 is 6.09 Å². The number of rotatable bonds is 0. The second-order valence-corrected chi connectivity index (χ2v) is 0.586. The van der Waals surface area contributed by atoms with E-state index in [1.54, 1.807) is 0 Å². The third kappa shape index (κ3) is 1.96. The molecule has 7 heavy (non-hydrogen) atoms. The molecule has 0 heterocycles. The van der Waals surface area contributed by atoms with Crippen LogP contribution in [-0.2, 0) is 0 Å². The van der Waals surface area contributed by atoms with Crippen LogP contribution in [-0.4, -0.2) is 11.4 Å². The molecule has 0 amide bonds. The first-order valence-electron chi connectivity index (χ1n) is 1.14. The SMILES string of the molecule is FN=C(F)N(F)F. The lowest BCUT2D eigenvalue weighted by molar-refractivity contribution is -0.0863. The Bertz CT molecular complexity index is 77.8. The summed E-state index contributed by atoms with van der Waals surface area (Å²) in [5.74, 6) is 0. The summed E-state index contributed by atoms with van der Waals surface area (Å²) in [4.78, 5) is 0. The fourth-order valence-corrected chi connectivity index (χ4v) is 0.0286. The van der Waals surface area contributed by atoms with E-state index in [4.69, 9.17) is 0 Å². The van der Waals surface area contributed by atoms with Gasteiger partial charge in [0, 0.05) is 5.34 Å². The maximum Gasteiger partial charge on any atom is 0.371 e. The lowest BCUT2D eigenvalue weighted by Gasteiger charge is -1.87. The maximum absolute atomic E-state index is 10.8. The largest absolute Gasteiger partial charge is 0.371 e. The molecular weight excluding hydrogens is 116 g/mol. The molecule has 0 aromatic rings. The fourth-order valence-electron chi connectivity index (χ4n) is 0.0286. The van der Waals surface area contributed by atoms with E-state index in [2.05, 4.69) is 0 Å². The van der Waals surface area contributed by atoms with E-state index in [9.17, 15) is 17.8 Å². The van der Waals surface area contributed by atoms with Crippen molar-refractivity contribution < 1.29 is 17.8 Å². The summed E-state index contributed by atoms with van der Waals surface area (Å²) in [6, 6.07) is 0. The Morgan fingerprint density at radius 3 is 1.86 bits per heavy atom. The molecule has 0 unspecified atom stereocenters. The molecule has 0 spiro atoms. The van der Waals surface area contributed by atoms with Crippen LogP contribution in [0.3, 0.4) is 0 Å². The summed E-state index contributed by atoms with van der Waals surface area (Å²) in [5.41, 5.74) is 0. The van der Waals surface area contributed by atoms with Crippen LogP contribution in [0.15, 0.2) is 5.21 Å². The van der Waals surface area contributed by atoms with Crippen molar-refractivity contribution in [3.05, 3.63) is 0 Å². The topological polar surface area (TPSA) is 15.6 Å². The molecule has 0 atom stereocenters. The van der Waals surface area contributed by atoms with Gasteiger partial charge in [0.05, 0.1) is 0 Å². The molecular formula is CF4N2. The Hall–Kier alpha value is -0.810. The number of halogens is 4. The van der Waals surface area contributed by atoms with Gasteiger partial charge in [0.25, 0.3) is 0 Å². The van der Waals surface area contributed by atoms with Crippen LogP contribution in [0, 0.1) is 0 Å². The first-order valence-corrected chi connectivity index (χ1v) is 1.14. The highest BCUT2D eigenvalue weighted by atomic mass is 19.4. The number of hydrogen-bond acceptors (Lipinski definition) is 1. The molecule has 0 N–H and O–H groups in total. The smallest absolute Gasteiger partial charge is 0.156 e. The molecule has 2 nitrogen and oxygen atoms in total. The molecule has 0 rings (SSSR count). The zero-order chi connectivity index (χ0) is 5.86. The molecule has 0 aromatic carbocycles. The number of nitrogens with zero attached hydrogens (tertiary/aromatic N) is 2. The van der Waals surface area contributed by atoms with Crippen LogP contribution >= 0.6 is 0 Å². The predicted molar refractivity (Wildman–Crippen MR) is 13.7 cm³/mol. The monoisotopic (exact) mass is 116 g/mol. The lowest BCUT2D eigenvalue weighted by Crippen LogP contribution is -2.05. The van der Waals surface area contributed by atoms with Gasteiger partial charge in [-0.25, -0.2) is 0 Å². The van der Waals surface area contributed by atoms with Crippen molar-refractivity contribution >= 4 is 6.09 Å². The van der Waals surface area contributed by atoms with Crippen molar-refractivity contribution in [2.45, 2.75) is 0 Å². The Morgan fingerprint density at radius 2 is 1.86 bits per heavy atom. The van der Waals surface area contributed by atoms with E-state index in [0.29, 0.717) is 0 Å². The van der Waals surface area contributed by atoms with Crippen molar-refractivity contribution in [2.75, 3.05) is 0 Å². The lowest BCUT2D eigenvalue weighted by atomic mass is 11.3. The van der Waals surface area contributed by atoms with E-state index < -0.39 is 11.4 Å². The molecule has 0 bridgehead atoms. The number of hydrogen-bond donors (Lipinski definition) is 0. The summed E-state index contributed by atoms with van der Waals surface area (Å²) >= 11 is 0. The first-order chi connectivity index (χ1) is 3.18. The van der Waals surface area contributed by atoms with Gasteiger partial charge in [-0.2, -0.15) is 4.39 Å². The average molecular weight is 116 g/mol. The zero-order valence-corrected chi connectivity index (χ0v) is 2.91. The fraction of sp³-hybridized carbons (Fsp3) is 0. The normalized spacial score (nSPS) is 11.7. The Morgan fingerprint density at radius 1 is 1.43 bits per heavy atom. The van der Waals surface area contributed by atoms with Gasteiger partial charge in [-0.15, -0.1) is 0 Å². The molecule has 0 aliphatic rings. The average Bonchev–Trinajstić information content (AvgIpc) is 1.65. The Balaban J connectivity index is 3.56. The highest BCUT2D eigenvalue weighted by molar-refractivity contribution is 5.68. The summed E-state index contributed by atoms with van der Waals surface area (Å²) in [7, 11) is 0. The molecule has 42 valence electrons. The van der Waals surface area contributed by atoms with Crippen LogP contribution in [0.1, 0.15) is 0 Å². The van der Waals surface area contributed by atoms with E-state index >= 15 is 0 Å². The van der Waals surface area contributed by atoms with Crippen LogP contribution < -0.4 is 0 Å². The highest BCUT2D eigenvalue weighted by Gasteiger charge is 2.05. The van der Waals surface area contributed by atoms with Crippen LogP contribution in [0.5, 0.6) is 0 Å². The summed E-state index contributed by atoms with van der Waals surface area (Å²) in [6.45, 7) is 0. The molecule has 0 radical (unpaired) electrons. The van der Waals surface area contributed by atoms with Gasteiger partial charge in [0.2, 0.25) is 0 Å². The molecule has 0 aliphatic heterocycles. The van der Waals surface area contributed by atoms with Crippen molar-refractivity contribution in [3.8, 4) is 0 Å². The van der Waals surface area contributed by atoms with Gasteiger partial charge in [-0.3, -0.25) is 0 Å². The molecule has 0 saturated heterocycles. The molecule has 0 saturated carbocycles. The van der Waals surface area contributed by atoms with Crippen LogP contribution in [0.4, 0.5) is 17.8 Å². The van der Waals surface area contributed by atoms with Gasteiger partial charge in [0.1, 0.15) is 0 Å². The summed E-state index contributed by atoms with van der Waals surface area (Å²) in [6.07, 6.45) is -2.44. The zero-order valence-electron chi connectivity index (χ0n) is 2.91. The van der Waals surface area contributed by atoms with Crippen LogP contribution in [0.2, 0.25) is 0 Å². The highest BCUT2D eigenvalue weighted by Crippen LogP contribution is 1.93. The van der Waals surface area contributed by atoms with Crippen LogP contribution in [0.25, 0.3) is 0 Å². The quantitative estimate of drug-likeness (QED) is 0.153. The minimum atomic E-state index is -2.44. The summed E-state index contributed by atoms with van der Waals surface area (Å²) in [5, 5.41) is -1.06. The van der Waals surface area contributed by atoms with E-state index in [1.807, 2.05) is 0 Å². The molecule has 0 fully saturated rings. The number of amidine groups is 1. The second-order valence-electron chi connectivity index (χ2n) is 0.586. The third-order valence-electron chi connectivity index (χ3n) is 0.209. The minimum Gasteiger partial charge on any atom is -0.156 e. The standard InChI is InChI=1S/CF4N2/c2-1(6-3)7(4)5. The Labute approximate surface area is 35.9 Å². The van der Waals surface area contributed by atoms with Gasteiger partial charge in [0.15, 0.2) is 0 Å². The first kappa shape index (κ1) is 6.19. The summed E-state index contributed by atoms with van der Waals surface area (Å²) < 4.78 is 42.2. The molecule has 0 aromatic heterocycles. The van der Waals surface area contributed by atoms with Crippen molar-refractivity contribution in [3.63, 3.8) is 0 Å². The van der Waals surface area contributed by atoms with E-state index in [1.165, 1.54) is 0 Å². The van der Waals surface area contributed by atoms with Gasteiger partial charge in [-0.1, -0.05) is 13.4 Å². The third-order valence-corrected chi connectivity index (χ3v) is 0.209. The van der Waals surface area contributed by atoms with E-state index in [0.717, 1.165) is 5.21 Å². The van der Waals surface area contributed by atoms with Crippen molar-refractivity contribution in [2.24, 2.45) is 5.21 Å². The predicted octanol–water partition coefficient (Wildman–Crippen LogP) is 1.27. The molecule has 0 aliphatic carbocycles. The van der Waals surface area contributed by atoms with Gasteiger partial charge in [-0.05, 0) is 5.21 Å². The van der Waals surface area contributed by atoms with Gasteiger partial charge < -0.3 is 0 Å². The minimum absolute atomic E-state index is 1.01. The Kier molecular flexibility index (Phi) is 2.10. The van der Waals surface area contributed by atoms with Crippen molar-refractivity contribution in [1.29, 1.82) is 0 Å². The van der Waals surface area contributed by atoms with E-state index in [-0.39, 0.29) is 0 Å². The maximum atomic E-state index is 10.8. The van der Waals surface area contributed by atoms with Crippen molar-refractivity contribution in [1.82, 2.24) is 5.34 Å².